The van der Waals surface area contributed by atoms with Crippen LogP contribution >= 0.6 is 0 Å². The van der Waals surface area contributed by atoms with Crippen LogP contribution in [0.2, 0.25) is 0 Å². The zero-order valence-electron chi connectivity index (χ0n) is 11.4. The molecule has 1 aromatic carbocycles. The molecule has 1 fully saturated rings. The summed E-state index contributed by atoms with van der Waals surface area (Å²) in [4.78, 5) is 11.4. The predicted molar refractivity (Wildman–Crippen MR) is 70.6 cm³/mol. The molecule has 0 aliphatic carbocycles. The Hall–Kier alpha value is -1.75. The molecular weight excluding hydrogens is 246 g/mol. The van der Waals surface area contributed by atoms with Crippen molar-refractivity contribution in [3.8, 4) is 11.5 Å². The number of benzene rings is 1. The summed E-state index contributed by atoms with van der Waals surface area (Å²) in [5.41, 5.74) is 1.11. The first-order valence-electron chi connectivity index (χ1n) is 6.26. The van der Waals surface area contributed by atoms with Crippen molar-refractivity contribution in [3.05, 3.63) is 23.8 Å². The van der Waals surface area contributed by atoms with Crippen molar-refractivity contribution in [3.63, 3.8) is 0 Å². The molecule has 1 heterocycles. The van der Waals surface area contributed by atoms with E-state index in [1.54, 1.807) is 7.11 Å². The Morgan fingerprint density at radius 3 is 2.79 bits per heavy atom. The Balaban J connectivity index is 2.01. The van der Waals surface area contributed by atoms with Gasteiger partial charge in [-0.15, -0.1) is 0 Å². The molecule has 1 unspecified atom stereocenters. The van der Waals surface area contributed by atoms with Crippen LogP contribution in [0.5, 0.6) is 11.5 Å². The molecule has 0 spiro atoms. The molecule has 1 aliphatic heterocycles. The van der Waals surface area contributed by atoms with Crippen molar-refractivity contribution in [2.24, 2.45) is 0 Å². The minimum atomic E-state index is -0.286. The summed E-state index contributed by atoms with van der Waals surface area (Å²) in [6.45, 7) is 2.62. The fourth-order valence-corrected chi connectivity index (χ4v) is 2.17. The summed E-state index contributed by atoms with van der Waals surface area (Å²) in [6, 6.07) is 5.50. The first-order chi connectivity index (χ1) is 9.13. The molecule has 1 aliphatic rings. The van der Waals surface area contributed by atoms with E-state index in [4.69, 9.17) is 14.2 Å². The van der Waals surface area contributed by atoms with Crippen LogP contribution in [-0.4, -0.2) is 38.9 Å². The van der Waals surface area contributed by atoms with Crippen molar-refractivity contribution in [2.75, 3.05) is 20.8 Å². The summed E-state index contributed by atoms with van der Waals surface area (Å²) >= 11 is 0. The molecule has 1 aromatic rings. The second-order valence-corrected chi connectivity index (χ2v) is 4.61. The number of aryl methyl sites for hydroxylation is 1. The molecule has 0 radical (unpaired) electrons. The Morgan fingerprint density at radius 2 is 2.11 bits per heavy atom. The van der Waals surface area contributed by atoms with Crippen LogP contribution in [0.3, 0.4) is 0 Å². The Bertz CT molecular complexity index is 461. The zero-order valence-corrected chi connectivity index (χ0v) is 11.4. The van der Waals surface area contributed by atoms with Gasteiger partial charge in [0.2, 0.25) is 0 Å². The minimum absolute atomic E-state index is 0.0549. The number of hydrogen-bond donors (Lipinski definition) is 1. The molecular formula is C14H19NO4. The minimum Gasteiger partial charge on any atom is -0.493 e. The van der Waals surface area contributed by atoms with E-state index >= 15 is 0 Å². The first-order valence-corrected chi connectivity index (χ1v) is 6.26. The van der Waals surface area contributed by atoms with Gasteiger partial charge in [0.1, 0.15) is 12.1 Å². The number of esters is 1. The van der Waals surface area contributed by atoms with Crippen LogP contribution in [0.15, 0.2) is 18.2 Å². The van der Waals surface area contributed by atoms with Gasteiger partial charge < -0.3 is 19.5 Å². The summed E-state index contributed by atoms with van der Waals surface area (Å²) in [6.07, 6.45) is 0.546. The standard InChI is InChI=1S/C14H19NO4/c1-9-4-5-12(13(6-9)17-2)19-10-7-11(15-8-10)14(16)18-3/h4-6,10-11,15H,7-8H2,1-3H3/t10?,11-/m0/s1. The molecule has 5 heteroatoms. The molecule has 0 saturated carbocycles. The van der Waals surface area contributed by atoms with Gasteiger partial charge in [-0.25, -0.2) is 0 Å². The van der Waals surface area contributed by atoms with Gasteiger partial charge in [-0.05, 0) is 24.6 Å². The van der Waals surface area contributed by atoms with E-state index in [0.29, 0.717) is 24.5 Å². The van der Waals surface area contributed by atoms with Crippen molar-refractivity contribution in [1.82, 2.24) is 5.32 Å². The summed E-state index contributed by atoms with van der Waals surface area (Å²) in [5, 5.41) is 3.09. The molecule has 104 valence electrons. The molecule has 0 aromatic heterocycles. The number of carbonyl (C=O) groups is 1. The molecule has 5 nitrogen and oxygen atoms in total. The third-order valence-corrected chi connectivity index (χ3v) is 3.19. The van der Waals surface area contributed by atoms with Crippen LogP contribution in [-0.2, 0) is 9.53 Å². The van der Waals surface area contributed by atoms with Gasteiger partial charge in [-0.1, -0.05) is 6.07 Å². The second kappa shape index (κ2) is 5.93. The third-order valence-electron chi connectivity index (χ3n) is 3.19. The van der Waals surface area contributed by atoms with Crippen LogP contribution in [0, 0.1) is 6.92 Å². The molecule has 1 N–H and O–H groups in total. The number of nitrogens with one attached hydrogen (secondary N) is 1. The molecule has 2 rings (SSSR count). The van der Waals surface area contributed by atoms with E-state index in [1.165, 1.54) is 7.11 Å². The van der Waals surface area contributed by atoms with E-state index in [0.717, 1.165) is 5.56 Å². The smallest absolute Gasteiger partial charge is 0.323 e. The van der Waals surface area contributed by atoms with Crippen molar-refractivity contribution < 1.29 is 19.0 Å². The van der Waals surface area contributed by atoms with Gasteiger partial charge in [0.15, 0.2) is 11.5 Å². The highest BCUT2D eigenvalue weighted by Gasteiger charge is 2.31. The zero-order chi connectivity index (χ0) is 13.8. The maximum absolute atomic E-state index is 11.4. The molecule has 1 saturated heterocycles. The average molecular weight is 265 g/mol. The Morgan fingerprint density at radius 1 is 1.32 bits per heavy atom. The van der Waals surface area contributed by atoms with E-state index in [2.05, 4.69) is 5.32 Å². The average Bonchev–Trinajstić information content (AvgIpc) is 2.88. The van der Waals surface area contributed by atoms with E-state index in [-0.39, 0.29) is 18.1 Å². The highest BCUT2D eigenvalue weighted by molar-refractivity contribution is 5.76. The maximum atomic E-state index is 11.4. The van der Waals surface area contributed by atoms with Crippen LogP contribution < -0.4 is 14.8 Å². The van der Waals surface area contributed by atoms with Gasteiger partial charge in [0, 0.05) is 13.0 Å². The summed E-state index contributed by atoms with van der Waals surface area (Å²) in [5.74, 6) is 1.16. The Labute approximate surface area is 112 Å². The normalized spacial score (nSPS) is 22.1. The first kappa shape index (κ1) is 13.7. The Kier molecular flexibility index (Phi) is 4.27. The largest absolute Gasteiger partial charge is 0.493 e. The summed E-state index contributed by atoms with van der Waals surface area (Å²) in [7, 11) is 3.01. The van der Waals surface area contributed by atoms with Crippen LogP contribution in [0.1, 0.15) is 12.0 Å². The lowest BCUT2D eigenvalue weighted by molar-refractivity contribution is -0.142. The van der Waals surface area contributed by atoms with E-state index in [9.17, 15) is 4.79 Å². The number of methoxy groups -OCH3 is 2. The fraction of sp³-hybridized carbons (Fsp3) is 0.500. The monoisotopic (exact) mass is 265 g/mol. The summed E-state index contributed by atoms with van der Waals surface area (Å²) < 4.78 is 15.9. The van der Waals surface area contributed by atoms with Gasteiger partial charge in [0.25, 0.3) is 0 Å². The molecule has 0 bridgehead atoms. The fourth-order valence-electron chi connectivity index (χ4n) is 2.17. The lowest BCUT2D eigenvalue weighted by atomic mass is 10.2. The SMILES string of the molecule is COC(=O)[C@@H]1CC(Oc2ccc(C)cc2OC)CN1. The lowest BCUT2D eigenvalue weighted by Gasteiger charge is -2.16. The highest BCUT2D eigenvalue weighted by atomic mass is 16.5. The topological polar surface area (TPSA) is 56.8 Å². The van der Waals surface area contributed by atoms with Crippen LogP contribution in [0.4, 0.5) is 0 Å². The van der Waals surface area contributed by atoms with E-state index < -0.39 is 0 Å². The number of rotatable bonds is 4. The van der Waals surface area contributed by atoms with Gasteiger partial charge in [-0.2, -0.15) is 0 Å². The molecule has 2 atom stereocenters. The molecule has 0 amide bonds. The number of hydrogen-bond acceptors (Lipinski definition) is 5. The third kappa shape index (κ3) is 3.17. The van der Waals surface area contributed by atoms with Crippen molar-refractivity contribution in [2.45, 2.75) is 25.5 Å². The van der Waals surface area contributed by atoms with E-state index in [1.807, 2.05) is 25.1 Å². The van der Waals surface area contributed by atoms with Gasteiger partial charge in [-0.3, -0.25) is 4.79 Å². The van der Waals surface area contributed by atoms with Gasteiger partial charge >= 0.3 is 5.97 Å². The number of ether oxygens (including phenoxy) is 3. The lowest BCUT2D eigenvalue weighted by Crippen LogP contribution is -2.31. The number of carbonyl (C=O) groups excluding carboxylic acids is 1. The highest BCUT2D eigenvalue weighted by Crippen LogP contribution is 2.30. The van der Waals surface area contributed by atoms with Crippen LogP contribution in [0.25, 0.3) is 0 Å². The maximum Gasteiger partial charge on any atom is 0.323 e. The van der Waals surface area contributed by atoms with Crippen molar-refractivity contribution >= 4 is 5.97 Å². The second-order valence-electron chi connectivity index (χ2n) is 4.61. The predicted octanol–water partition coefficient (Wildman–Crippen LogP) is 1.29. The van der Waals surface area contributed by atoms with Gasteiger partial charge in [0.05, 0.1) is 14.2 Å². The quantitative estimate of drug-likeness (QED) is 0.831. The molecule has 19 heavy (non-hydrogen) atoms. The van der Waals surface area contributed by atoms with Crippen molar-refractivity contribution in [1.29, 1.82) is 0 Å².